The van der Waals surface area contributed by atoms with Gasteiger partial charge in [-0.05, 0) is 23.6 Å². The molecule has 0 spiro atoms. The van der Waals surface area contributed by atoms with Crippen molar-refractivity contribution >= 4 is 16.7 Å². The smallest absolute Gasteiger partial charge is 0.340 e. The largest absolute Gasteiger partial charge is 0.423 e. The van der Waals surface area contributed by atoms with E-state index in [9.17, 15) is 20.0 Å². The highest BCUT2D eigenvalue weighted by Crippen LogP contribution is 2.23. The van der Waals surface area contributed by atoms with Crippen LogP contribution >= 0.6 is 0 Å². The number of aliphatic hydroxyl groups is 1. The van der Waals surface area contributed by atoms with Gasteiger partial charge in [0, 0.05) is 36.1 Å². The number of hydrogen-bond acceptors (Lipinski definition) is 5. The van der Waals surface area contributed by atoms with E-state index in [2.05, 4.69) is 0 Å². The monoisotopic (exact) mass is 325 g/mol. The molecule has 0 fully saturated rings. The Balaban J connectivity index is 2.13. The standard InChI is InChI=1S/C18H15NO5/c20-9-8-14-15-6-1-2-7-17(15)24-18(21)16(14)11-12-4-3-5-13(10-12)19(22)23/h1-7,10,20H,8-9,11H2. The molecule has 1 aromatic heterocycles. The molecule has 0 unspecified atom stereocenters. The van der Waals surface area contributed by atoms with Crippen LogP contribution in [0.25, 0.3) is 11.0 Å². The van der Waals surface area contributed by atoms with Gasteiger partial charge in [0.2, 0.25) is 0 Å². The Kier molecular flexibility index (Phi) is 4.39. The minimum Gasteiger partial charge on any atom is -0.423 e. The van der Waals surface area contributed by atoms with Crippen molar-refractivity contribution in [3.63, 3.8) is 0 Å². The summed E-state index contributed by atoms with van der Waals surface area (Å²) in [6, 6.07) is 13.3. The maximum Gasteiger partial charge on any atom is 0.340 e. The molecule has 6 nitrogen and oxygen atoms in total. The number of nitro benzene ring substituents is 1. The third-order valence-electron chi connectivity index (χ3n) is 3.89. The third kappa shape index (κ3) is 3.04. The van der Waals surface area contributed by atoms with Gasteiger partial charge in [0.05, 0.1) is 4.92 Å². The number of aliphatic hydroxyl groups excluding tert-OH is 1. The van der Waals surface area contributed by atoms with Crippen molar-refractivity contribution in [1.82, 2.24) is 0 Å². The van der Waals surface area contributed by atoms with Crippen LogP contribution in [0.15, 0.2) is 57.7 Å². The molecular formula is C18H15NO5. The molecule has 0 saturated carbocycles. The van der Waals surface area contributed by atoms with Crippen molar-refractivity contribution in [2.75, 3.05) is 6.61 Å². The number of nitro groups is 1. The first kappa shape index (κ1) is 15.9. The van der Waals surface area contributed by atoms with E-state index in [0.717, 1.165) is 10.9 Å². The van der Waals surface area contributed by atoms with Gasteiger partial charge < -0.3 is 9.52 Å². The zero-order valence-corrected chi connectivity index (χ0v) is 12.8. The first-order valence-electron chi connectivity index (χ1n) is 7.48. The van der Waals surface area contributed by atoms with E-state index >= 15 is 0 Å². The second-order valence-corrected chi connectivity index (χ2v) is 5.42. The van der Waals surface area contributed by atoms with E-state index in [1.54, 1.807) is 24.3 Å². The summed E-state index contributed by atoms with van der Waals surface area (Å²) in [5.41, 5.74) is 1.74. The maximum atomic E-state index is 12.4. The molecule has 24 heavy (non-hydrogen) atoms. The summed E-state index contributed by atoms with van der Waals surface area (Å²) in [5, 5.41) is 21.0. The fraction of sp³-hybridized carbons (Fsp3) is 0.167. The number of nitrogens with zero attached hydrogens (tertiary/aromatic N) is 1. The first-order chi connectivity index (χ1) is 11.6. The number of para-hydroxylation sites is 1. The maximum absolute atomic E-state index is 12.4. The lowest BCUT2D eigenvalue weighted by atomic mass is 9.96. The van der Waals surface area contributed by atoms with Gasteiger partial charge in [-0.25, -0.2) is 4.79 Å². The summed E-state index contributed by atoms with van der Waals surface area (Å²) >= 11 is 0. The van der Waals surface area contributed by atoms with Crippen molar-refractivity contribution in [3.05, 3.63) is 85.8 Å². The van der Waals surface area contributed by atoms with Crippen LogP contribution < -0.4 is 5.63 Å². The molecule has 0 amide bonds. The van der Waals surface area contributed by atoms with Gasteiger partial charge in [-0.2, -0.15) is 0 Å². The third-order valence-corrected chi connectivity index (χ3v) is 3.89. The van der Waals surface area contributed by atoms with Crippen molar-refractivity contribution in [2.24, 2.45) is 0 Å². The molecule has 0 atom stereocenters. The molecule has 0 saturated heterocycles. The van der Waals surface area contributed by atoms with E-state index in [1.807, 2.05) is 12.1 Å². The SMILES string of the molecule is O=c1oc2ccccc2c(CCO)c1Cc1cccc([N+](=O)[O-])c1. The number of hydrogen-bond donors (Lipinski definition) is 1. The normalized spacial score (nSPS) is 10.9. The summed E-state index contributed by atoms with van der Waals surface area (Å²) < 4.78 is 5.36. The predicted molar refractivity (Wildman–Crippen MR) is 89.2 cm³/mol. The molecule has 3 aromatic rings. The Morgan fingerprint density at radius 3 is 2.62 bits per heavy atom. The zero-order valence-electron chi connectivity index (χ0n) is 12.8. The van der Waals surface area contributed by atoms with Crippen LogP contribution in [0, 0.1) is 10.1 Å². The van der Waals surface area contributed by atoms with E-state index in [-0.39, 0.29) is 18.7 Å². The molecule has 2 aromatic carbocycles. The van der Waals surface area contributed by atoms with Gasteiger partial charge in [0.1, 0.15) is 5.58 Å². The number of fused-ring (bicyclic) bond motifs is 1. The highest BCUT2D eigenvalue weighted by atomic mass is 16.6. The van der Waals surface area contributed by atoms with Gasteiger partial charge in [-0.3, -0.25) is 10.1 Å². The van der Waals surface area contributed by atoms with Crippen molar-refractivity contribution in [3.8, 4) is 0 Å². The molecule has 0 aliphatic heterocycles. The van der Waals surface area contributed by atoms with E-state index < -0.39 is 10.5 Å². The summed E-state index contributed by atoms with van der Waals surface area (Å²) in [4.78, 5) is 22.8. The Morgan fingerprint density at radius 1 is 1.08 bits per heavy atom. The summed E-state index contributed by atoms with van der Waals surface area (Å²) in [5.74, 6) is 0. The lowest BCUT2D eigenvalue weighted by Crippen LogP contribution is -2.13. The Labute approximate surface area is 137 Å². The minimum absolute atomic E-state index is 0.0265. The average Bonchev–Trinajstić information content (AvgIpc) is 2.58. The lowest BCUT2D eigenvalue weighted by Gasteiger charge is -2.10. The molecule has 0 aliphatic carbocycles. The van der Waals surface area contributed by atoms with Crippen molar-refractivity contribution in [2.45, 2.75) is 12.8 Å². The van der Waals surface area contributed by atoms with Crippen LogP contribution in [0.3, 0.4) is 0 Å². The van der Waals surface area contributed by atoms with Gasteiger partial charge in [0.25, 0.3) is 5.69 Å². The molecule has 1 N–H and O–H groups in total. The Morgan fingerprint density at radius 2 is 1.88 bits per heavy atom. The topological polar surface area (TPSA) is 93.6 Å². The quantitative estimate of drug-likeness (QED) is 0.442. The van der Waals surface area contributed by atoms with Gasteiger partial charge in [0.15, 0.2) is 0 Å². The van der Waals surface area contributed by atoms with Crippen molar-refractivity contribution in [1.29, 1.82) is 0 Å². The Bertz CT molecular complexity index is 961. The summed E-state index contributed by atoms with van der Waals surface area (Å²) in [6.07, 6.45) is 0.528. The second-order valence-electron chi connectivity index (χ2n) is 5.42. The first-order valence-corrected chi connectivity index (χ1v) is 7.48. The average molecular weight is 325 g/mol. The fourth-order valence-electron chi connectivity index (χ4n) is 2.81. The molecule has 122 valence electrons. The van der Waals surface area contributed by atoms with E-state index in [4.69, 9.17) is 4.42 Å². The fourth-order valence-corrected chi connectivity index (χ4v) is 2.81. The number of benzene rings is 2. The summed E-state index contributed by atoms with van der Waals surface area (Å²) in [6.45, 7) is -0.102. The highest BCUT2D eigenvalue weighted by Gasteiger charge is 2.15. The van der Waals surface area contributed by atoms with Crippen molar-refractivity contribution < 1.29 is 14.4 Å². The van der Waals surface area contributed by atoms with Crippen LogP contribution in [0.2, 0.25) is 0 Å². The zero-order chi connectivity index (χ0) is 17.1. The van der Waals surface area contributed by atoms with Gasteiger partial charge in [-0.15, -0.1) is 0 Å². The molecule has 6 heteroatoms. The predicted octanol–water partition coefficient (Wildman–Crippen LogP) is 2.83. The van der Waals surface area contributed by atoms with Crippen LogP contribution in [0.1, 0.15) is 16.7 Å². The van der Waals surface area contributed by atoms with Crippen LogP contribution in [0.4, 0.5) is 5.69 Å². The lowest BCUT2D eigenvalue weighted by molar-refractivity contribution is -0.384. The molecule has 3 rings (SSSR count). The van der Waals surface area contributed by atoms with Crippen LogP contribution in [-0.4, -0.2) is 16.6 Å². The second kappa shape index (κ2) is 6.64. The number of rotatable bonds is 5. The highest BCUT2D eigenvalue weighted by molar-refractivity contribution is 5.81. The van der Waals surface area contributed by atoms with Crippen LogP contribution in [0.5, 0.6) is 0 Å². The Hall–Kier alpha value is -2.99. The minimum atomic E-state index is -0.483. The molecule has 1 heterocycles. The van der Waals surface area contributed by atoms with Crippen LogP contribution in [-0.2, 0) is 12.8 Å². The number of non-ortho nitro benzene ring substituents is 1. The summed E-state index contributed by atoms with van der Waals surface area (Å²) in [7, 11) is 0. The molecule has 0 bridgehead atoms. The molecule has 0 radical (unpaired) electrons. The van der Waals surface area contributed by atoms with E-state index in [1.165, 1.54) is 12.1 Å². The van der Waals surface area contributed by atoms with E-state index in [0.29, 0.717) is 23.1 Å². The molecule has 0 aliphatic rings. The van der Waals surface area contributed by atoms with Gasteiger partial charge >= 0.3 is 5.63 Å². The molecular weight excluding hydrogens is 310 g/mol. The van der Waals surface area contributed by atoms with Gasteiger partial charge in [-0.1, -0.05) is 30.3 Å².